The van der Waals surface area contributed by atoms with Crippen molar-refractivity contribution < 1.29 is 18.3 Å². The highest BCUT2D eigenvalue weighted by atomic mass is 35.5. The number of nitrogens with one attached hydrogen (secondary N) is 1. The molecule has 0 saturated carbocycles. The summed E-state index contributed by atoms with van der Waals surface area (Å²) in [7, 11) is 0. The zero-order chi connectivity index (χ0) is 10.6. The summed E-state index contributed by atoms with van der Waals surface area (Å²) >= 11 is 5.47. The molecule has 0 aliphatic rings. The highest BCUT2D eigenvalue weighted by Gasteiger charge is 2.26. The van der Waals surface area contributed by atoms with Gasteiger partial charge in [-0.3, -0.25) is 0 Å². The Labute approximate surface area is 84.7 Å². The molecular weight excluding hydrogens is 216 g/mol. The molecule has 1 heterocycles. The Kier molecular flexibility index (Phi) is 3.86. The van der Waals surface area contributed by atoms with Gasteiger partial charge >= 0.3 is 0 Å². The zero-order valence-corrected chi connectivity index (χ0v) is 8.02. The van der Waals surface area contributed by atoms with Gasteiger partial charge in [0.25, 0.3) is 5.92 Å². The first-order valence-electron chi connectivity index (χ1n) is 3.97. The van der Waals surface area contributed by atoms with E-state index >= 15 is 0 Å². The van der Waals surface area contributed by atoms with Gasteiger partial charge in [0.2, 0.25) is 0 Å². The topological polar surface area (TPSA) is 45.4 Å². The fraction of sp³-hybridized carbons (Fsp3) is 0.500. The summed E-state index contributed by atoms with van der Waals surface area (Å²) in [5.74, 6) is -2.63. The summed E-state index contributed by atoms with van der Waals surface area (Å²) < 4.78 is 29.9. The van der Waals surface area contributed by atoms with Gasteiger partial charge in [0.05, 0.1) is 13.1 Å². The third kappa shape index (κ3) is 3.61. The van der Waals surface area contributed by atoms with E-state index in [4.69, 9.17) is 21.1 Å². The fourth-order valence-corrected chi connectivity index (χ4v) is 1.03. The summed E-state index contributed by atoms with van der Waals surface area (Å²) in [5.41, 5.74) is 0. The Morgan fingerprint density at radius 2 is 2.21 bits per heavy atom. The molecule has 0 saturated heterocycles. The van der Waals surface area contributed by atoms with Gasteiger partial charge in [0.1, 0.15) is 12.4 Å². The first-order chi connectivity index (χ1) is 6.53. The van der Waals surface area contributed by atoms with E-state index in [1.54, 1.807) is 6.07 Å². The molecule has 0 bridgehead atoms. The predicted octanol–water partition coefficient (Wildman–Crippen LogP) is 1.65. The van der Waals surface area contributed by atoms with E-state index in [0.29, 0.717) is 5.76 Å². The third-order valence-corrected chi connectivity index (χ3v) is 1.75. The van der Waals surface area contributed by atoms with Crippen LogP contribution in [0.15, 0.2) is 16.5 Å². The van der Waals surface area contributed by atoms with Crippen LogP contribution in [0.4, 0.5) is 8.78 Å². The summed E-state index contributed by atoms with van der Waals surface area (Å²) in [6.07, 6.45) is 0. The lowest BCUT2D eigenvalue weighted by Gasteiger charge is -2.12. The molecule has 0 fully saturated rings. The van der Waals surface area contributed by atoms with Gasteiger partial charge in [-0.05, 0) is 23.7 Å². The quantitative estimate of drug-likeness (QED) is 0.801. The second-order valence-corrected chi connectivity index (χ2v) is 3.20. The van der Waals surface area contributed by atoms with E-state index in [-0.39, 0.29) is 11.8 Å². The molecule has 0 atom stereocenters. The maximum absolute atomic E-state index is 12.5. The van der Waals surface area contributed by atoms with Crippen molar-refractivity contribution in [3.05, 3.63) is 23.1 Å². The van der Waals surface area contributed by atoms with Crippen molar-refractivity contribution in [3.63, 3.8) is 0 Å². The summed E-state index contributed by atoms with van der Waals surface area (Å²) in [4.78, 5) is 0. The van der Waals surface area contributed by atoms with Crippen LogP contribution < -0.4 is 5.32 Å². The number of halogens is 3. The molecule has 0 unspecified atom stereocenters. The molecule has 6 heteroatoms. The van der Waals surface area contributed by atoms with E-state index in [1.165, 1.54) is 6.07 Å². The molecule has 0 spiro atoms. The van der Waals surface area contributed by atoms with Crippen LogP contribution >= 0.6 is 11.6 Å². The standard InChI is InChI=1S/C8H10ClF2NO2/c9-7-2-1-6(14-7)3-12-4-8(10,11)5-13/h1-2,12-13H,3-5H2. The molecular formula is C8H10ClF2NO2. The first kappa shape index (κ1) is 11.4. The Hall–Kier alpha value is -0.650. The minimum Gasteiger partial charge on any atom is -0.448 e. The molecule has 1 aromatic rings. The molecule has 1 aromatic heterocycles. The lowest BCUT2D eigenvalue weighted by atomic mass is 10.3. The maximum atomic E-state index is 12.5. The highest BCUT2D eigenvalue weighted by Crippen LogP contribution is 2.14. The van der Waals surface area contributed by atoms with Crippen LogP contribution in [0.2, 0.25) is 5.22 Å². The second-order valence-electron chi connectivity index (χ2n) is 2.82. The molecule has 3 nitrogen and oxygen atoms in total. The van der Waals surface area contributed by atoms with Crippen LogP contribution in [0.3, 0.4) is 0 Å². The van der Waals surface area contributed by atoms with Gasteiger partial charge in [0, 0.05) is 0 Å². The molecule has 2 N–H and O–H groups in total. The number of alkyl halides is 2. The number of aliphatic hydroxyl groups is 1. The normalized spacial score (nSPS) is 12.0. The molecule has 14 heavy (non-hydrogen) atoms. The van der Waals surface area contributed by atoms with Crippen LogP contribution in [0.25, 0.3) is 0 Å². The number of hydrogen-bond donors (Lipinski definition) is 2. The van der Waals surface area contributed by atoms with Crippen LogP contribution in [0, 0.1) is 0 Å². The van der Waals surface area contributed by atoms with Crippen LogP contribution in [-0.4, -0.2) is 24.2 Å². The van der Waals surface area contributed by atoms with Crippen LogP contribution in [0.5, 0.6) is 0 Å². The minimum absolute atomic E-state index is 0.155. The third-order valence-electron chi connectivity index (χ3n) is 1.54. The second kappa shape index (κ2) is 4.72. The van der Waals surface area contributed by atoms with E-state index in [9.17, 15) is 8.78 Å². The summed E-state index contributed by atoms with van der Waals surface area (Å²) in [6.45, 7) is -1.61. The number of aliphatic hydroxyl groups excluding tert-OH is 1. The predicted molar refractivity (Wildman–Crippen MR) is 47.5 cm³/mol. The van der Waals surface area contributed by atoms with Crippen molar-refractivity contribution in [3.8, 4) is 0 Å². The number of furan rings is 1. The molecule has 0 radical (unpaired) electrons. The summed E-state index contributed by atoms with van der Waals surface area (Å²) in [6, 6.07) is 3.12. The minimum atomic E-state index is -3.10. The van der Waals surface area contributed by atoms with E-state index in [2.05, 4.69) is 5.32 Å². The first-order valence-corrected chi connectivity index (χ1v) is 4.35. The van der Waals surface area contributed by atoms with Crippen molar-refractivity contribution in [2.24, 2.45) is 0 Å². The molecule has 80 valence electrons. The lowest BCUT2D eigenvalue weighted by molar-refractivity contribution is -0.0479. The van der Waals surface area contributed by atoms with Crippen molar-refractivity contribution in [1.29, 1.82) is 0 Å². The smallest absolute Gasteiger partial charge is 0.282 e. The molecule has 0 amide bonds. The molecule has 0 aromatic carbocycles. The van der Waals surface area contributed by atoms with Crippen LogP contribution in [0.1, 0.15) is 5.76 Å². The van der Waals surface area contributed by atoms with E-state index < -0.39 is 19.1 Å². The molecule has 1 rings (SSSR count). The van der Waals surface area contributed by atoms with Gasteiger partial charge in [-0.1, -0.05) is 0 Å². The molecule has 0 aliphatic heterocycles. The van der Waals surface area contributed by atoms with Gasteiger partial charge in [0.15, 0.2) is 5.22 Å². The number of rotatable bonds is 5. The largest absolute Gasteiger partial charge is 0.448 e. The van der Waals surface area contributed by atoms with Crippen molar-refractivity contribution >= 4 is 11.6 Å². The van der Waals surface area contributed by atoms with E-state index in [1.807, 2.05) is 0 Å². The van der Waals surface area contributed by atoms with Gasteiger partial charge < -0.3 is 14.8 Å². The lowest BCUT2D eigenvalue weighted by Crippen LogP contribution is -2.35. The molecule has 0 aliphatic carbocycles. The Bertz CT molecular complexity index is 291. The SMILES string of the molecule is OCC(F)(F)CNCc1ccc(Cl)o1. The Morgan fingerprint density at radius 3 is 2.71 bits per heavy atom. The van der Waals surface area contributed by atoms with Gasteiger partial charge in [-0.25, -0.2) is 8.78 Å². The average molecular weight is 226 g/mol. The Balaban J connectivity index is 2.28. The van der Waals surface area contributed by atoms with E-state index in [0.717, 1.165) is 0 Å². The summed E-state index contributed by atoms with van der Waals surface area (Å²) in [5, 5.41) is 10.9. The monoisotopic (exact) mass is 225 g/mol. The number of hydrogen-bond acceptors (Lipinski definition) is 3. The highest BCUT2D eigenvalue weighted by molar-refractivity contribution is 6.28. The maximum Gasteiger partial charge on any atom is 0.282 e. The van der Waals surface area contributed by atoms with Crippen molar-refractivity contribution in [1.82, 2.24) is 5.32 Å². The van der Waals surface area contributed by atoms with Crippen molar-refractivity contribution in [2.75, 3.05) is 13.2 Å². The zero-order valence-electron chi connectivity index (χ0n) is 7.27. The van der Waals surface area contributed by atoms with Crippen LogP contribution in [-0.2, 0) is 6.54 Å². The average Bonchev–Trinajstić information content (AvgIpc) is 2.51. The van der Waals surface area contributed by atoms with Gasteiger partial charge in [-0.15, -0.1) is 0 Å². The van der Waals surface area contributed by atoms with Crippen molar-refractivity contribution in [2.45, 2.75) is 12.5 Å². The fourth-order valence-electron chi connectivity index (χ4n) is 0.871. The van der Waals surface area contributed by atoms with Gasteiger partial charge in [-0.2, -0.15) is 0 Å². The Morgan fingerprint density at radius 1 is 1.50 bits per heavy atom.